The molecule has 0 radical (unpaired) electrons. The monoisotopic (exact) mass is 510 g/mol. The molecule has 5 heteroatoms. The standard InChI is InChI=1S/C27H36O2.C3H9N.C2H5NO/c1-16-8-10-25(3)12-13-27(5)19(21(25)14-16)9-11-26(4)20-15-22(28)24(29)17(2)18(20)6-7-23(26)27;1-3-4-2;1-3-2-4/h6-7,15-16,19,21,29H,8-14H2,1-5H3;4H,3H2,1-2H3;2H,1H3,(H,3,4). The number of allylic oxidation sites excluding steroid dienone is 7. The smallest absolute Gasteiger partial charge is 0.220 e. The van der Waals surface area contributed by atoms with Gasteiger partial charge in [-0.15, -0.1) is 0 Å². The summed E-state index contributed by atoms with van der Waals surface area (Å²) in [6, 6.07) is 0. The van der Waals surface area contributed by atoms with Crippen molar-refractivity contribution in [2.24, 2.45) is 34.0 Å². The summed E-state index contributed by atoms with van der Waals surface area (Å²) in [5.41, 5.74) is 5.18. The van der Waals surface area contributed by atoms with Crippen LogP contribution in [0.4, 0.5) is 0 Å². The van der Waals surface area contributed by atoms with Gasteiger partial charge in [0.15, 0.2) is 5.76 Å². The quantitative estimate of drug-likeness (QED) is 0.374. The number of ketones is 1. The molecule has 0 aromatic carbocycles. The number of aliphatic hydroxyl groups is 1. The highest BCUT2D eigenvalue weighted by Gasteiger charge is 2.60. The number of carbonyl (C=O) groups is 2. The third-order valence-electron chi connectivity index (χ3n) is 10.5. The lowest BCUT2D eigenvalue weighted by molar-refractivity contribution is -0.114. The van der Waals surface area contributed by atoms with E-state index < -0.39 is 0 Å². The number of fused-ring (bicyclic) bond motifs is 7. The molecule has 5 aliphatic rings. The molecule has 0 heterocycles. The molecule has 1 amide bonds. The van der Waals surface area contributed by atoms with Crippen molar-refractivity contribution in [1.29, 1.82) is 0 Å². The van der Waals surface area contributed by atoms with E-state index in [1.165, 1.54) is 38.5 Å². The van der Waals surface area contributed by atoms with Gasteiger partial charge in [0.1, 0.15) is 0 Å². The van der Waals surface area contributed by atoms with Crippen LogP contribution in [0.3, 0.4) is 0 Å². The van der Waals surface area contributed by atoms with Gasteiger partial charge in [0.05, 0.1) is 0 Å². The van der Waals surface area contributed by atoms with Crippen LogP contribution >= 0.6 is 0 Å². The second kappa shape index (κ2) is 11.3. The second-order valence-electron chi connectivity index (χ2n) is 12.7. The van der Waals surface area contributed by atoms with Crippen LogP contribution in [0.25, 0.3) is 0 Å². The Morgan fingerprint density at radius 2 is 1.70 bits per heavy atom. The van der Waals surface area contributed by atoms with Gasteiger partial charge in [0.25, 0.3) is 0 Å². The Hall–Kier alpha value is -2.14. The van der Waals surface area contributed by atoms with E-state index in [9.17, 15) is 9.90 Å². The molecule has 6 unspecified atom stereocenters. The predicted molar refractivity (Wildman–Crippen MR) is 152 cm³/mol. The average molecular weight is 511 g/mol. The summed E-state index contributed by atoms with van der Waals surface area (Å²) >= 11 is 0. The summed E-state index contributed by atoms with van der Waals surface area (Å²) in [4.78, 5) is 21.5. The van der Waals surface area contributed by atoms with Crippen LogP contribution < -0.4 is 10.6 Å². The number of carbonyl (C=O) groups excluding carboxylic acids is 2. The lowest BCUT2D eigenvalue weighted by Gasteiger charge is -2.64. The topological polar surface area (TPSA) is 78.4 Å². The first-order chi connectivity index (χ1) is 17.4. The second-order valence-corrected chi connectivity index (χ2v) is 12.7. The molecule has 5 nitrogen and oxygen atoms in total. The zero-order valence-electron chi connectivity index (χ0n) is 24.5. The van der Waals surface area contributed by atoms with E-state index in [-0.39, 0.29) is 22.4 Å². The fourth-order valence-electron chi connectivity index (χ4n) is 8.08. The SMILES string of the molecule is CC1=C(O)C(=O)C=C2C1=CC=C1C2(C)CCC2C3CC(C)CCC3(C)CCC12C.CCNC.CNC=O. The van der Waals surface area contributed by atoms with Gasteiger partial charge in [-0.25, -0.2) is 0 Å². The minimum absolute atomic E-state index is 0.0787. The van der Waals surface area contributed by atoms with Gasteiger partial charge >= 0.3 is 0 Å². The summed E-state index contributed by atoms with van der Waals surface area (Å²) in [6.07, 6.45) is 16.1. The highest BCUT2D eigenvalue weighted by molar-refractivity contribution is 6.06. The van der Waals surface area contributed by atoms with E-state index in [0.29, 0.717) is 11.8 Å². The first-order valence-corrected chi connectivity index (χ1v) is 14.3. The Kier molecular flexibility index (Phi) is 8.99. The molecule has 5 aliphatic carbocycles. The minimum atomic E-state index is -0.221. The molecule has 0 bridgehead atoms. The Balaban J connectivity index is 0.000000420. The van der Waals surface area contributed by atoms with Gasteiger partial charge in [0.2, 0.25) is 12.2 Å². The van der Waals surface area contributed by atoms with Gasteiger partial charge in [0, 0.05) is 18.0 Å². The molecule has 0 aromatic rings. The van der Waals surface area contributed by atoms with Crippen LogP contribution in [0.15, 0.2) is 46.3 Å². The third kappa shape index (κ3) is 5.13. The van der Waals surface area contributed by atoms with Gasteiger partial charge in [-0.2, -0.15) is 0 Å². The molecule has 5 rings (SSSR count). The van der Waals surface area contributed by atoms with Crippen molar-refractivity contribution in [2.45, 2.75) is 86.5 Å². The maximum Gasteiger partial charge on any atom is 0.220 e. The Morgan fingerprint density at radius 3 is 2.30 bits per heavy atom. The summed E-state index contributed by atoms with van der Waals surface area (Å²) in [5, 5.41) is 15.4. The number of hydrogen-bond donors (Lipinski definition) is 3. The van der Waals surface area contributed by atoms with Gasteiger partial charge in [-0.1, -0.05) is 58.8 Å². The number of hydrogen-bond acceptors (Lipinski definition) is 4. The van der Waals surface area contributed by atoms with Crippen LogP contribution in [-0.4, -0.2) is 37.9 Å². The average Bonchev–Trinajstić information content (AvgIpc) is 2.88. The van der Waals surface area contributed by atoms with E-state index in [2.05, 4.69) is 57.4 Å². The van der Waals surface area contributed by atoms with E-state index >= 15 is 0 Å². The van der Waals surface area contributed by atoms with Crippen molar-refractivity contribution >= 4 is 12.2 Å². The molecule has 37 heavy (non-hydrogen) atoms. The van der Waals surface area contributed by atoms with Crippen LogP contribution in [0.2, 0.25) is 0 Å². The Morgan fingerprint density at radius 1 is 1.05 bits per heavy atom. The fourth-order valence-corrected chi connectivity index (χ4v) is 8.08. The van der Waals surface area contributed by atoms with Crippen molar-refractivity contribution in [1.82, 2.24) is 10.6 Å². The van der Waals surface area contributed by atoms with Crippen molar-refractivity contribution in [2.75, 3.05) is 20.6 Å². The molecule has 0 aliphatic heterocycles. The maximum absolute atomic E-state index is 12.5. The van der Waals surface area contributed by atoms with E-state index in [0.717, 1.165) is 47.4 Å². The summed E-state index contributed by atoms with van der Waals surface area (Å²) in [7, 11) is 3.49. The molecule has 3 N–H and O–H groups in total. The van der Waals surface area contributed by atoms with Crippen LogP contribution in [0.5, 0.6) is 0 Å². The van der Waals surface area contributed by atoms with E-state index in [1.807, 2.05) is 14.0 Å². The first kappa shape index (κ1) is 29.4. The van der Waals surface area contributed by atoms with Crippen molar-refractivity contribution in [3.8, 4) is 0 Å². The van der Waals surface area contributed by atoms with Crippen LogP contribution in [0, 0.1) is 34.0 Å². The van der Waals surface area contributed by atoms with Gasteiger partial charge < -0.3 is 15.7 Å². The summed E-state index contributed by atoms with van der Waals surface area (Å²) in [6.45, 7) is 14.9. The van der Waals surface area contributed by atoms with E-state index in [1.54, 1.807) is 18.7 Å². The minimum Gasteiger partial charge on any atom is -0.504 e. The normalized spacial score (nSPS) is 37.9. The van der Waals surface area contributed by atoms with Crippen molar-refractivity contribution in [3.63, 3.8) is 0 Å². The first-order valence-electron chi connectivity index (χ1n) is 14.3. The third-order valence-corrected chi connectivity index (χ3v) is 10.5. The number of nitrogens with one attached hydrogen (secondary N) is 2. The molecule has 206 valence electrons. The molecular formula is C32H50N2O3. The molecular weight excluding hydrogens is 460 g/mol. The van der Waals surface area contributed by atoms with E-state index in [4.69, 9.17) is 4.79 Å². The highest BCUT2D eigenvalue weighted by atomic mass is 16.3. The maximum atomic E-state index is 12.5. The zero-order valence-corrected chi connectivity index (χ0v) is 24.5. The molecule has 3 saturated carbocycles. The number of aliphatic hydroxyl groups excluding tert-OH is 1. The highest BCUT2D eigenvalue weighted by Crippen LogP contribution is 2.69. The van der Waals surface area contributed by atoms with Gasteiger partial charge in [-0.05, 0) is 105 Å². The molecule has 0 aromatic heterocycles. The molecule has 0 saturated heterocycles. The number of rotatable bonds is 2. The fraction of sp³-hybridized carbons (Fsp3) is 0.688. The summed E-state index contributed by atoms with van der Waals surface area (Å²) in [5.74, 6) is 2.13. The molecule has 3 fully saturated rings. The predicted octanol–water partition coefficient (Wildman–Crippen LogP) is 6.44. The van der Waals surface area contributed by atoms with Crippen LogP contribution in [-0.2, 0) is 9.59 Å². The van der Waals surface area contributed by atoms with Crippen molar-refractivity contribution < 1.29 is 14.7 Å². The number of amides is 1. The molecule has 0 spiro atoms. The van der Waals surface area contributed by atoms with Gasteiger partial charge in [-0.3, -0.25) is 9.59 Å². The van der Waals surface area contributed by atoms with Crippen LogP contribution in [0.1, 0.15) is 86.5 Å². The lowest BCUT2D eigenvalue weighted by atomic mass is 9.40. The zero-order chi connectivity index (χ0) is 27.6. The van der Waals surface area contributed by atoms with Crippen molar-refractivity contribution in [3.05, 3.63) is 46.3 Å². The Bertz CT molecular complexity index is 1020. The lowest BCUT2D eigenvalue weighted by Crippen LogP contribution is -2.55. The largest absolute Gasteiger partial charge is 0.504 e. The Labute approximate surface area is 224 Å². The molecule has 6 atom stereocenters. The summed E-state index contributed by atoms with van der Waals surface area (Å²) < 4.78 is 0.